The number of amides is 1. The number of pyridine rings is 1. The molecule has 2 heterocycles. The van der Waals surface area contributed by atoms with Gasteiger partial charge in [-0.2, -0.15) is 4.99 Å². The van der Waals surface area contributed by atoms with Crippen molar-refractivity contribution in [3.63, 3.8) is 0 Å². The number of carbonyl (C=O) groups excluding carboxylic acids is 1. The molecule has 2 aliphatic rings. The number of hydrogen-bond donors (Lipinski definition) is 2. The van der Waals surface area contributed by atoms with E-state index < -0.39 is 0 Å². The van der Waals surface area contributed by atoms with E-state index in [2.05, 4.69) is 27.1 Å². The first-order chi connectivity index (χ1) is 14.0. The molecule has 0 aromatic carbocycles. The predicted molar refractivity (Wildman–Crippen MR) is 120 cm³/mol. The fraction of sp³-hybridized carbons (Fsp3) is 0.696. The average Bonchev–Trinajstić information content (AvgIpc) is 2.70. The molecule has 0 bridgehead atoms. The lowest BCUT2D eigenvalue weighted by atomic mass is 9.86. The second-order valence-electron chi connectivity index (χ2n) is 8.83. The molecule has 1 saturated carbocycles. The Kier molecular flexibility index (Phi) is 7.64. The monoisotopic (exact) mass is 399 g/mol. The minimum absolute atomic E-state index is 0.279. The zero-order valence-electron chi connectivity index (χ0n) is 18.3. The summed E-state index contributed by atoms with van der Waals surface area (Å²) in [7, 11) is 0. The molecule has 2 atom stereocenters. The minimum atomic E-state index is -0.300. The summed E-state index contributed by atoms with van der Waals surface area (Å²) in [6, 6.07) is 3.12. The molecule has 160 valence electrons. The highest BCUT2D eigenvalue weighted by Crippen LogP contribution is 2.29. The first kappa shape index (κ1) is 21.8. The van der Waals surface area contributed by atoms with Gasteiger partial charge in [0.15, 0.2) is 0 Å². The Labute approximate surface area is 175 Å². The largest absolute Gasteiger partial charge is 0.387 e. The van der Waals surface area contributed by atoms with Crippen LogP contribution in [-0.2, 0) is 0 Å². The van der Waals surface area contributed by atoms with Crippen LogP contribution in [0.3, 0.4) is 0 Å². The molecule has 1 aliphatic heterocycles. The number of piperidine rings is 1. The zero-order valence-corrected chi connectivity index (χ0v) is 18.3. The highest BCUT2D eigenvalue weighted by molar-refractivity contribution is 6.05. The number of amidine groups is 1. The molecule has 1 aromatic rings. The van der Waals surface area contributed by atoms with Crippen LogP contribution >= 0.6 is 0 Å². The van der Waals surface area contributed by atoms with Crippen LogP contribution in [0.2, 0.25) is 0 Å². The third-order valence-electron chi connectivity index (χ3n) is 6.26. The van der Waals surface area contributed by atoms with Crippen molar-refractivity contribution in [1.29, 1.82) is 0 Å². The summed E-state index contributed by atoms with van der Waals surface area (Å²) < 4.78 is 0. The molecule has 29 heavy (non-hydrogen) atoms. The molecule has 0 radical (unpaired) electrons. The van der Waals surface area contributed by atoms with Crippen molar-refractivity contribution in [2.24, 2.45) is 16.6 Å². The van der Waals surface area contributed by atoms with E-state index in [9.17, 15) is 4.79 Å². The van der Waals surface area contributed by atoms with Crippen LogP contribution < -0.4 is 16.0 Å². The third kappa shape index (κ3) is 5.78. The summed E-state index contributed by atoms with van der Waals surface area (Å²) in [4.78, 5) is 23.6. The van der Waals surface area contributed by atoms with Crippen molar-refractivity contribution in [3.05, 3.63) is 23.4 Å². The standard InChI is InChI=1S/C23H37N5O/c1-4-8-18-15-28(12-11-21(18)27-19-9-6-5-7-10-19)22-20(13-16(2)14-25-22)23(29)26-17(3)24/h13-14,18-19,21,27H,4-12,15H2,1-3H3,(H2,24,26,29). The topological polar surface area (TPSA) is 83.6 Å². The normalized spacial score (nSPS) is 24.0. The van der Waals surface area contributed by atoms with E-state index in [1.54, 1.807) is 6.92 Å². The summed E-state index contributed by atoms with van der Waals surface area (Å²) in [6.07, 6.45) is 12.0. The summed E-state index contributed by atoms with van der Waals surface area (Å²) >= 11 is 0. The summed E-state index contributed by atoms with van der Waals surface area (Å²) in [5, 5.41) is 3.98. The lowest BCUT2D eigenvalue weighted by Crippen LogP contribution is -2.52. The number of aliphatic imine (C=N–C) groups is 1. The predicted octanol–water partition coefficient (Wildman–Crippen LogP) is 3.82. The van der Waals surface area contributed by atoms with Crippen molar-refractivity contribution in [1.82, 2.24) is 10.3 Å². The van der Waals surface area contributed by atoms with E-state index in [0.717, 1.165) is 30.9 Å². The zero-order chi connectivity index (χ0) is 20.8. The van der Waals surface area contributed by atoms with E-state index in [1.165, 1.54) is 44.9 Å². The Hall–Kier alpha value is -1.95. The smallest absolute Gasteiger partial charge is 0.282 e. The second-order valence-corrected chi connectivity index (χ2v) is 8.83. The van der Waals surface area contributed by atoms with Gasteiger partial charge in [-0.3, -0.25) is 4.79 Å². The van der Waals surface area contributed by atoms with Crippen molar-refractivity contribution < 1.29 is 4.79 Å². The van der Waals surface area contributed by atoms with Crippen molar-refractivity contribution in [2.75, 3.05) is 18.0 Å². The summed E-state index contributed by atoms with van der Waals surface area (Å²) in [6.45, 7) is 7.69. The van der Waals surface area contributed by atoms with E-state index in [0.29, 0.717) is 23.6 Å². The number of nitrogens with zero attached hydrogens (tertiary/aromatic N) is 3. The molecule has 1 amide bonds. The molecular weight excluding hydrogens is 362 g/mol. The maximum absolute atomic E-state index is 12.7. The highest BCUT2D eigenvalue weighted by atomic mass is 16.1. The Morgan fingerprint density at radius 3 is 2.76 bits per heavy atom. The van der Waals surface area contributed by atoms with Crippen molar-refractivity contribution in [3.8, 4) is 0 Å². The van der Waals surface area contributed by atoms with E-state index in [-0.39, 0.29) is 11.7 Å². The Balaban J connectivity index is 1.77. The van der Waals surface area contributed by atoms with Crippen LogP contribution in [0.5, 0.6) is 0 Å². The van der Waals surface area contributed by atoms with Gasteiger partial charge in [0, 0.05) is 31.4 Å². The third-order valence-corrected chi connectivity index (χ3v) is 6.26. The minimum Gasteiger partial charge on any atom is -0.387 e. The van der Waals surface area contributed by atoms with Crippen LogP contribution in [0, 0.1) is 12.8 Å². The lowest BCUT2D eigenvalue weighted by Gasteiger charge is -2.42. The fourth-order valence-electron chi connectivity index (χ4n) is 4.87. The number of rotatable bonds is 6. The van der Waals surface area contributed by atoms with Gasteiger partial charge in [0.1, 0.15) is 11.7 Å². The number of aryl methyl sites for hydroxylation is 1. The number of aromatic nitrogens is 1. The molecular formula is C23H37N5O. The van der Waals surface area contributed by atoms with Gasteiger partial charge < -0.3 is 16.0 Å². The van der Waals surface area contributed by atoms with Gasteiger partial charge in [-0.05, 0) is 57.1 Å². The first-order valence-corrected chi connectivity index (χ1v) is 11.3. The lowest BCUT2D eigenvalue weighted by molar-refractivity contribution is 0.100. The van der Waals surface area contributed by atoms with Gasteiger partial charge >= 0.3 is 0 Å². The summed E-state index contributed by atoms with van der Waals surface area (Å²) in [5.41, 5.74) is 7.17. The quantitative estimate of drug-likeness (QED) is 0.561. The molecule has 2 fully saturated rings. The number of hydrogen-bond acceptors (Lipinski definition) is 4. The molecule has 3 N–H and O–H groups in total. The van der Waals surface area contributed by atoms with Crippen LogP contribution in [0.15, 0.2) is 17.3 Å². The first-order valence-electron chi connectivity index (χ1n) is 11.3. The van der Waals surface area contributed by atoms with E-state index in [4.69, 9.17) is 5.73 Å². The molecule has 2 unspecified atom stereocenters. The van der Waals surface area contributed by atoms with Gasteiger partial charge in [0.2, 0.25) is 0 Å². The number of nitrogens with one attached hydrogen (secondary N) is 1. The number of anilines is 1. The van der Waals surface area contributed by atoms with Crippen LogP contribution in [-0.4, -0.2) is 41.9 Å². The van der Waals surface area contributed by atoms with E-state index >= 15 is 0 Å². The molecule has 6 nitrogen and oxygen atoms in total. The molecule has 0 spiro atoms. The average molecular weight is 400 g/mol. The van der Waals surface area contributed by atoms with Crippen LogP contribution in [0.1, 0.15) is 81.1 Å². The van der Waals surface area contributed by atoms with Gasteiger partial charge in [0.05, 0.1) is 5.56 Å². The molecule has 6 heteroatoms. The molecule has 3 rings (SSSR count). The Bertz CT molecular complexity index is 722. The van der Waals surface area contributed by atoms with Crippen LogP contribution in [0.4, 0.5) is 5.82 Å². The summed E-state index contributed by atoms with van der Waals surface area (Å²) in [5.74, 6) is 1.30. The Morgan fingerprint density at radius 1 is 1.31 bits per heavy atom. The van der Waals surface area contributed by atoms with Gasteiger partial charge in [-0.15, -0.1) is 0 Å². The fourth-order valence-corrected chi connectivity index (χ4v) is 4.87. The maximum atomic E-state index is 12.7. The molecule has 1 saturated heterocycles. The molecule has 1 aromatic heterocycles. The SMILES string of the molecule is CCCC1CN(c2ncc(C)cc2C(=O)N=C(C)N)CCC1NC1CCCCC1. The number of nitrogens with two attached hydrogens (primary N) is 1. The van der Waals surface area contributed by atoms with Crippen molar-refractivity contribution >= 4 is 17.6 Å². The van der Waals surface area contributed by atoms with Gasteiger partial charge in [-0.25, -0.2) is 4.98 Å². The maximum Gasteiger partial charge on any atom is 0.282 e. The highest BCUT2D eigenvalue weighted by Gasteiger charge is 2.32. The van der Waals surface area contributed by atoms with E-state index in [1.807, 2.05) is 19.2 Å². The second kappa shape index (κ2) is 10.2. The van der Waals surface area contributed by atoms with Gasteiger partial charge in [0.25, 0.3) is 5.91 Å². The Morgan fingerprint density at radius 2 is 2.07 bits per heavy atom. The molecule has 1 aliphatic carbocycles. The number of carbonyl (C=O) groups is 1. The van der Waals surface area contributed by atoms with Crippen molar-refractivity contribution in [2.45, 2.75) is 84.2 Å². The van der Waals surface area contributed by atoms with Gasteiger partial charge in [-0.1, -0.05) is 32.6 Å². The van der Waals surface area contributed by atoms with Crippen LogP contribution in [0.25, 0.3) is 0 Å².